The van der Waals surface area contributed by atoms with Crippen LogP contribution in [-0.2, 0) is 4.79 Å². The fourth-order valence-corrected chi connectivity index (χ4v) is 2.14. The summed E-state index contributed by atoms with van der Waals surface area (Å²) >= 11 is 5.89. The van der Waals surface area contributed by atoms with E-state index in [0.29, 0.717) is 13.0 Å². The minimum Gasteiger partial charge on any atom is -0.342 e. The summed E-state index contributed by atoms with van der Waals surface area (Å²) in [4.78, 5) is 13.8. The van der Waals surface area contributed by atoms with Crippen molar-refractivity contribution in [1.82, 2.24) is 10.2 Å². The first-order valence-electron chi connectivity index (χ1n) is 6.63. The summed E-state index contributed by atoms with van der Waals surface area (Å²) in [6.07, 6.45) is 0.532. The van der Waals surface area contributed by atoms with Crippen LogP contribution in [0.2, 0.25) is 5.02 Å². The maximum atomic E-state index is 12.0. The Morgan fingerprint density at radius 3 is 2.35 bits per heavy atom. The SMILES string of the molecule is CNCCC(=O)N(C)C(C)C(C)c1ccc(Cl)cc1.Cl. The number of halogens is 2. The number of benzene rings is 1. The Kier molecular flexibility index (Phi) is 8.86. The number of carbonyl (C=O) groups excluding carboxylic acids is 1. The number of rotatable bonds is 6. The summed E-state index contributed by atoms with van der Waals surface area (Å²) in [6, 6.07) is 7.99. The number of nitrogens with one attached hydrogen (secondary N) is 1. The van der Waals surface area contributed by atoms with Gasteiger partial charge >= 0.3 is 0 Å². The summed E-state index contributed by atoms with van der Waals surface area (Å²) in [5, 5.41) is 3.74. The molecule has 1 N–H and O–H groups in total. The van der Waals surface area contributed by atoms with Gasteiger partial charge in [0.25, 0.3) is 0 Å². The molecule has 0 spiro atoms. The summed E-state index contributed by atoms with van der Waals surface area (Å²) in [5.41, 5.74) is 1.20. The average molecular weight is 319 g/mol. The lowest BCUT2D eigenvalue weighted by Gasteiger charge is -2.30. The van der Waals surface area contributed by atoms with Crippen LogP contribution in [0.3, 0.4) is 0 Å². The van der Waals surface area contributed by atoms with Crippen molar-refractivity contribution in [2.24, 2.45) is 0 Å². The molecule has 0 aliphatic heterocycles. The molecule has 0 fully saturated rings. The lowest BCUT2D eigenvalue weighted by molar-refractivity contribution is -0.131. The average Bonchev–Trinajstić information content (AvgIpc) is 2.43. The van der Waals surface area contributed by atoms with Crippen LogP contribution in [0.15, 0.2) is 24.3 Å². The van der Waals surface area contributed by atoms with Gasteiger partial charge in [0.2, 0.25) is 5.91 Å². The fourth-order valence-electron chi connectivity index (χ4n) is 2.02. The maximum absolute atomic E-state index is 12.0. The quantitative estimate of drug-likeness (QED) is 0.872. The second-order valence-corrected chi connectivity index (χ2v) is 5.38. The van der Waals surface area contributed by atoms with Crippen molar-refractivity contribution in [3.63, 3.8) is 0 Å². The standard InChI is InChI=1S/C15H23ClN2O.ClH/c1-11(13-5-7-14(16)8-6-13)12(2)18(4)15(19)9-10-17-3;/h5-8,11-12,17H,9-10H2,1-4H3;1H. The van der Waals surface area contributed by atoms with Gasteiger partial charge in [-0.15, -0.1) is 12.4 Å². The number of hydrogen-bond donors (Lipinski definition) is 1. The molecule has 1 rings (SSSR count). The van der Waals surface area contributed by atoms with Gasteiger partial charge in [-0.05, 0) is 31.7 Å². The Hall–Kier alpha value is -0.770. The zero-order chi connectivity index (χ0) is 14.4. The van der Waals surface area contributed by atoms with Crippen molar-refractivity contribution in [3.05, 3.63) is 34.9 Å². The predicted octanol–water partition coefficient (Wildman–Crippen LogP) is 3.32. The van der Waals surface area contributed by atoms with Crippen LogP contribution in [-0.4, -0.2) is 37.5 Å². The molecule has 0 aliphatic rings. The van der Waals surface area contributed by atoms with Gasteiger partial charge in [0, 0.05) is 37.0 Å². The molecular weight excluding hydrogens is 295 g/mol. The summed E-state index contributed by atoms with van der Waals surface area (Å²) < 4.78 is 0. The zero-order valence-electron chi connectivity index (χ0n) is 12.5. The van der Waals surface area contributed by atoms with Gasteiger partial charge < -0.3 is 10.2 Å². The second-order valence-electron chi connectivity index (χ2n) is 4.94. The minimum absolute atomic E-state index is 0. The van der Waals surface area contributed by atoms with Gasteiger partial charge in [0.05, 0.1) is 0 Å². The molecule has 2 atom stereocenters. The summed E-state index contributed by atoms with van der Waals surface area (Å²) in [7, 11) is 3.72. The predicted molar refractivity (Wildman–Crippen MR) is 87.9 cm³/mol. The van der Waals surface area contributed by atoms with Crippen molar-refractivity contribution >= 4 is 29.9 Å². The van der Waals surface area contributed by atoms with Crippen molar-refractivity contribution in [3.8, 4) is 0 Å². The normalized spacial score (nSPS) is 13.2. The van der Waals surface area contributed by atoms with Gasteiger partial charge in [-0.25, -0.2) is 0 Å². The number of amides is 1. The van der Waals surface area contributed by atoms with Crippen LogP contribution in [0.5, 0.6) is 0 Å². The Bertz CT molecular complexity index is 409. The first-order valence-corrected chi connectivity index (χ1v) is 7.01. The Labute approximate surface area is 133 Å². The molecule has 0 aromatic heterocycles. The molecule has 0 bridgehead atoms. The van der Waals surface area contributed by atoms with Crippen molar-refractivity contribution < 1.29 is 4.79 Å². The van der Waals surface area contributed by atoms with E-state index < -0.39 is 0 Å². The van der Waals surface area contributed by atoms with E-state index in [1.54, 1.807) is 0 Å². The van der Waals surface area contributed by atoms with Gasteiger partial charge in [-0.3, -0.25) is 4.79 Å². The van der Waals surface area contributed by atoms with E-state index in [-0.39, 0.29) is 30.3 Å². The van der Waals surface area contributed by atoms with E-state index in [9.17, 15) is 4.79 Å². The molecular formula is C15H24Cl2N2O. The fraction of sp³-hybridized carbons (Fsp3) is 0.533. The lowest BCUT2D eigenvalue weighted by Crippen LogP contribution is -2.39. The number of nitrogens with zero attached hydrogens (tertiary/aromatic N) is 1. The van der Waals surface area contributed by atoms with Crippen LogP contribution < -0.4 is 5.32 Å². The summed E-state index contributed by atoms with van der Waals surface area (Å²) in [5.74, 6) is 0.448. The molecule has 1 aromatic carbocycles. The molecule has 0 radical (unpaired) electrons. The maximum Gasteiger partial charge on any atom is 0.223 e. The number of carbonyl (C=O) groups is 1. The third kappa shape index (κ3) is 5.31. The van der Waals surface area contributed by atoms with E-state index >= 15 is 0 Å². The molecule has 0 heterocycles. The number of hydrogen-bond acceptors (Lipinski definition) is 2. The lowest BCUT2D eigenvalue weighted by atomic mass is 9.93. The van der Waals surface area contributed by atoms with E-state index in [1.807, 2.05) is 43.3 Å². The third-order valence-electron chi connectivity index (χ3n) is 3.71. The first-order chi connectivity index (χ1) is 8.97. The van der Waals surface area contributed by atoms with E-state index in [2.05, 4.69) is 19.2 Å². The van der Waals surface area contributed by atoms with Crippen LogP contribution in [0.4, 0.5) is 0 Å². The molecule has 0 aliphatic carbocycles. The van der Waals surface area contributed by atoms with E-state index in [4.69, 9.17) is 11.6 Å². The highest BCUT2D eigenvalue weighted by Crippen LogP contribution is 2.24. The third-order valence-corrected chi connectivity index (χ3v) is 3.96. The Morgan fingerprint density at radius 1 is 1.30 bits per heavy atom. The molecule has 5 heteroatoms. The first kappa shape index (κ1) is 19.2. The molecule has 0 saturated heterocycles. The highest BCUT2D eigenvalue weighted by Gasteiger charge is 2.21. The topological polar surface area (TPSA) is 32.3 Å². The monoisotopic (exact) mass is 318 g/mol. The molecule has 0 saturated carbocycles. The molecule has 1 amide bonds. The molecule has 3 nitrogen and oxygen atoms in total. The molecule has 2 unspecified atom stereocenters. The molecule has 1 aromatic rings. The van der Waals surface area contributed by atoms with Gasteiger partial charge in [0.1, 0.15) is 0 Å². The van der Waals surface area contributed by atoms with Crippen molar-refractivity contribution in [2.75, 3.05) is 20.6 Å². The smallest absolute Gasteiger partial charge is 0.223 e. The summed E-state index contributed by atoms with van der Waals surface area (Å²) in [6.45, 7) is 4.93. The van der Waals surface area contributed by atoms with Crippen molar-refractivity contribution in [1.29, 1.82) is 0 Å². The van der Waals surface area contributed by atoms with Crippen LogP contribution >= 0.6 is 24.0 Å². The number of likely N-dealkylation sites (N-methyl/N-ethyl adjacent to an activating group) is 1. The van der Waals surface area contributed by atoms with Crippen LogP contribution in [0.1, 0.15) is 31.7 Å². The Balaban J connectivity index is 0.00000361. The van der Waals surface area contributed by atoms with Gasteiger partial charge in [0.15, 0.2) is 0 Å². The second kappa shape index (κ2) is 9.22. The van der Waals surface area contributed by atoms with Crippen LogP contribution in [0.25, 0.3) is 0 Å². The Morgan fingerprint density at radius 2 is 1.85 bits per heavy atom. The van der Waals surface area contributed by atoms with E-state index in [1.165, 1.54) is 5.56 Å². The van der Waals surface area contributed by atoms with Gasteiger partial charge in [-0.1, -0.05) is 30.7 Å². The highest BCUT2D eigenvalue weighted by atomic mass is 35.5. The largest absolute Gasteiger partial charge is 0.342 e. The van der Waals surface area contributed by atoms with Gasteiger partial charge in [-0.2, -0.15) is 0 Å². The van der Waals surface area contributed by atoms with Crippen molar-refractivity contribution in [2.45, 2.75) is 32.2 Å². The zero-order valence-corrected chi connectivity index (χ0v) is 14.1. The molecule has 20 heavy (non-hydrogen) atoms. The van der Waals surface area contributed by atoms with E-state index in [0.717, 1.165) is 5.02 Å². The highest BCUT2D eigenvalue weighted by molar-refractivity contribution is 6.30. The van der Waals surface area contributed by atoms with Crippen LogP contribution in [0, 0.1) is 0 Å². The molecule has 114 valence electrons. The minimum atomic E-state index is 0.